The summed E-state index contributed by atoms with van der Waals surface area (Å²) in [7, 11) is -1.08. The van der Waals surface area contributed by atoms with E-state index in [9.17, 15) is 8.42 Å². The molecule has 1 N–H and O–H groups in total. The molecule has 0 amide bonds. The van der Waals surface area contributed by atoms with Gasteiger partial charge in [0.05, 0.1) is 36.2 Å². The van der Waals surface area contributed by atoms with E-state index in [1.165, 1.54) is 37.7 Å². The Kier molecular flexibility index (Phi) is 5.84. The molecule has 0 atom stereocenters. The molecule has 3 rings (SSSR count). The number of hydrogen-bond acceptors (Lipinski definition) is 7. The minimum atomic E-state index is -3.99. The van der Waals surface area contributed by atoms with Gasteiger partial charge < -0.3 is 14.0 Å². The second-order valence-corrected chi connectivity index (χ2v) is 9.89. The molecule has 7 nitrogen and oxygen atoms in total. The Bertz CT molecular complexity index is 1180. The highest BCUT2D eigenvalue weighted by atomic mass is 35.5. The standard InChI is InChI=1S/C19H21ClN2O5S2/c1-9-10(2)21-27-18(9)17-11(3)28-12(4)19(17)29(23,24)22-14-7-13(20)15(25-5)8-16(14)26-6/h7-8,22H,1-6H3. The number of benzene rings is 1. The van der Waals surface area contributed by atoms with Gasteiger partial charge in [-0.25, -0.2) is 8.42 Å². The third kappa shape index (κ3) is 3.82. The first kappa shape index (κ1) is 21.5. The molecule has 0 aliphatic carbocycles. The number of methoxy groups -OCH3 is 2. The third-order valence-corrected chi connectivity index (χ3v) is 7.56. The number of thiophene rings is 1. The zero-order valence-corrected chi connectivity index (χ0v) is 19.2. The van der Waals surface area contributed by atoms with Gasteiger partial charge in [0.1, 0.15) is 16.4 Å². The maximum absolute atomic E-state index is 13.4. The summed E-state index contributed by atoms with van der Waals surface area (Å²) < 4.78 is 45.3. The third-order valence-electron chi connectivity index (χ3n) is 4.58. The summed E-state index contributed by atoms with van der Waals surface area (Å²) in [6.45, 7) is 7.28. The van der Waals surface area contributed by atoms with Gasteiger partial charge in [0.2, 0.25) is 0 Å². The average molecular weight is 457 g/mol. The molecule has 2 heterocycles. The van der Waals surface area contributed by atoms with Crippen LogP contribution >= 0.6 is 22.9 Å². The topological polar surface area (TPSA) is 90.7 Å². The van der Waals surface area contributed by atoms with Gasteiger partial charge in [0, 0.05) is 21.4 Å². The fourth-order valence-electron chi connectivity index (χ4n) is 3.03. The van der Waals surface area contributed by atoms with Crippen LogP contribution in [0.4, 0.5) is 5.69 Å². The molecule has 0 aliphatic rings. The molecule has 0 saturated heterocycles. The minimum Gasteiger partial charge on any atom is -0.495 e. The van der Waals surface area contributed by atoms with Crippen molar-refractivity contribution in [3.05, 3.63) is 38.2 Å². The van der Waals surface area contributed by atoms with E-state index in [2.05, 4.69) is 9.88 Å². The number of ether oxygens (including phenoxy) is 2. The number of halogens is 1. The molecule has 1 aromatic carbocycles. The molecule has 0 fully saturated rings. The van der Waals surface area contributed by atoms with Gasteiger partial charge in [-0.3, -0.25) is 4.72 Å². The zero-order valence-electron chi connectivity index (χ0n) is 16.8. The summed E-state index contributed by atoms with van der Waals surface area (Å²) >= 11 is 7.56. The van der Waals surface area contributed by atoms with Gasteiger partial charge in [0.15, 0.2) is 5.76 Å². The molecule has 156 valence electrons. The largest absolute Gasteiger partial charge is 0.495 e. The number of aromatic nitrogens is 1. The molecule has 0 radical (unpaired) electrons. The van der Waals surface area contributed by atoms with Crippen molar-refractivity contribution in [3.8, 4) is 22.8 Å². The van der Waals surface area contributed by atoms with E-state index < -0.39 is 10.0 Å². The summed E-state index contributed by atoms with van der Waals surface area (Å²) in [5.41, 5.74) is 2.23. The van der Waals surface area contributed by atoms with E-state index in [1.54, 1.807) is 6.92 Å². The van der Waals surface area contributed by atoms with Crippen molar-refractivity contribution in [2.45, 2.75) is 32.6 Å². The molecule has 3 aromatic rings. The van der Waals surface area contributed by atoms with Crippen molar-refractivity contribution >= 4 is 38.6 Å². The zero-order chi connectivity index (χ0) is 21.5. The average Bonchev–Trinajstić information content (AvgIpc) is 3.13. The summed E-state index contributed by atoms with van der Waals surface area (Å²) in [4.78, 5) is 1.60. The lowest BCUT2D eigenvalue weighted by molar-refractivity contribution is 0.396. The number of anilines is 1. The Hall–Kier alpha value is -2.23. The molecule has 0 bridgehead atoms. The molecule has 0 spiro atoms. The van der Waals surface area contributed by atoms with Crippen molar-refractivity contribution in [1.29, 1.82) is 0 Å². The van der Waals surface area contributed by atoms with Gasteiger partial charge in [0.25, 0.3) is 10.0 Å². The lowest BCUT2D eigenvalue weighted by Crippen LogP contribution is -2.15. The highest BCUT2D eigenvalue weighted by Crippen LogP contribution is 2.43. The normalized spacial score (nSPS) is 11.6. The second-order valence-electron chi connectivity index (χ2n) is 6.43. The van der Waals surface area contributed by atoms with Crippen LogP contribution in [0.25, 0.3) is 11.3 Å². The Morgan fingerprint density at radius 2 is 1.72 bits per heavy atom. The molecule has 0 saturated carbocycles. The summed E-state index contributed by atoms with van der Waals surface area (Å²) in [5, 5.41) is 4.23. The van der Waals surface area contributed by atoms with E-state index in [0.29, 0.717) is 27.6 Å². The predicted octanol–water partition coefficient (Wildman–Crippen LogP) is 5.11. The fraction of sp³-hybridized carbons (Fsp3) is 0.316. The first-order valence-electron chi connectivity index (χ1n) is 8.58. The van der Waals surface area contributed by atoms with Crippen molar-refractivity contribution < 1.29 is 22.4 Å². The Balaban J connectivity index is 2.15. The van der Waals surface area contributed by atoms with E-state index in [1.807, 2.05) is 20.8 Å². The van der Waals surface area contributed by atoms with E-state index in [4.69, 9.17) is 25.6 Å². The van der Waals surface area contributed by atoms with Crippen LogP contribution in [0.15, 0.2) is 21.6 Å². The second kappa shape index (κ2) is 7.89. The minimum absolute atomic E-state index is 0.147. The van der Waals surface area contributed by atoms with Crippen molar-refractivity contribution in [3.63, 3.8) is 0 Å². The molecule has 0 unspecified atom stereocenters. The summed E-state index contributed by atoms with van der Waals surface area (Å²) in [6.07, 6.45) is 0. The van der Waals surface area contributed by atoms with Crippen molar-refractivity contribution in [2.24, 2.45) is 0 Å². The number of hydrogen-bond donors (Lipinski definition) is 1. The highest BCUT2D eigenvalue weighted by Gasteiger charge is 2.30. The quantitative estimate of drug-likeness (QED) is 0.554. The van der Waals surface area contributed by atoms with Crippen molar-refractivity contribution in [2.75, 3.05) is 18.9 Å². The monoisotopic (exact) mass is 456 g/mol. The maximum Gasteiger partial charge on any atom is 0.263 e. The molecule has 29 heavy (non-hydrogen) atoms. The van der Waals surface area contributed by atoms with E-state index in [-0.39, 0.29) is 21.4 Å². The van der Waals surface area contributed by atoms with Gasteiger partial charge in [-0.05, 0) is 33.8 Å². The first-order chi connectivity index (χ1) is 13.6. The lowest BCUT2D eigenvalue weighted by Gasteiger charge is -2.15. The van der Waals surface area contributed by atoms with Gasteiger partial charge in [-0.2, -0.15) is 0 Å². The molecule has 0 aliphatic heterocycles. The number of rotatable bonds is 6. The van der Waals surface area contributed by atoms with Crippen LogP contribution in [-0.2, 0) is 10.0 Å². The van der Waals surface area contributed by atoms with Crippen LogP contribution in [0.3, 0.4) is 0 Å². The highest BCUT2D eigenvalue weighted by molar-refractivity contribution is 7.93. The Morgan fingerprint density at radius 1 is 1.07 bits per heavy atom. The predicted molar refractivity (Wildman–Crippen MR) is 114 cm³/mol. The van der Waals surface area contributed by atoms with Crippen LogP contribution in [0.5, 0.6) is 11.5 Å². The van der Waals surface area contributed by atoms with Gasteiger partial charge >= 0.3 is 0 Å². The first-order valence-corrected chi connectivity index (χ1v) is 11.3. The molecule has 10 heteroatoms. The smallest absolute Gasteiger partial charge is 0.263 e. The number of nitrogens with zero attached hydrogens (tertiary/aromatic N) is 1. The fourth-order valence-corrected chi connectivity index (χ4v) is 6.19. The number of sulfonamides is 1. The van der Waals surface area contributed by atoms with Crippen LogP contribution in [0.1, 0.15) is 21.0 Å². The molecule has 2 aromatic heterocycles. The lowest BCUT2D eigenvalue weighted by atomic mass is 10.1. The number of nitrogens with one attached hydrogen (secondary N) is 1. The summed E-state index contributed by atoms with van der Waals surface area (Å²) in [5.74, 6) is 1.11. The Labute approximate surface area is 178 Å². The van der Waals surface area contributed by atoms with Crippen molar-refractivity contribution in [1.82, 2.24) is 5.16 Å². The van der Waals surface area contributed by atoms with Crippen LogP contribution in [-0.4, -0.2) is 27.8 Å². The summed E-state index contributed by atoms with van der Waals surface area (Å²) in [6, 6.07) is 2.98. The molecular weight excluding hydrogens is 436 g/mol. The Morgan fingerprint density at radius 3 is 2.28 bits per heavy atom. The SMILES string of the molecule is COc1cc(OC)c(NS(=O)(=O)c2c(C)sc(C)c2-c2onc(C)c2C)cc1Cl. The van der Waals surface area contributed by atoms with Gasteiger partial charge in [-0.15, -0.1) is 11.3 Å². The van der Waals surface area contributed by atoms with Gasteiger partial charge in [-0.1, -0.05) is 16.8 Å². The number of aryl methyl sites for hydroxylation is 3. The van der Waals surface area contributed by atoms with Crippen LogP contribution < -0.4 is 14.2 Å². The maximum atomic E-state index is 13.4. The van der Waals surface area contributed by atoms with Crippen LogP contribution in [0, 0.1) is 27.7 Å². The van der Waals surface area contributed by atoms with Crippen LogP contribution in [0.2, 0.25) is 5.02 Å². The van der Waals surface area contributed by atoms with E-state index >= 15 is 0 Å². The van der Waals surface area contributed by atoms with E-state index in [0.717, 1.165) is 10.4 Å². The molecular formula is C19H21ClN2O5S2.